The number of fused-ring (bicyclic) bond motifs is 1. The minimum Gasteiger partial charge on any atom is -0.378 e. The maximum absolute atomic E-state index is 13.6. The second-order valence-corrected chi connectivity index (χ2v) is 8.88. The average molecular weight is 481 g/mol. The third-order valence-corrected chi connectivity index (χ3v) is 6.68. The number of carbonyl (C=O) groups is 1. The fourth-order valence-corrected chi connectivity index (χ4v) is 4.57. The summed E-state index contributed by atoms with van der Waals surface area (Å²) < 4.78 is 7.47. The van der Waals surface area contributed by atoms with Crippen molar-refractivity contribution in [2.45, 2.75) is 32.2 Å². The number of benzene rings is 2. The van der Waals surface area contributed by atoms with Gasteiger partial charge in [0.1, 0.15) is 11.9 Å². The van der Waals surface area contributed by atoms with E-state index in [2.05, 4.69) is 6.92 Å². The van der Waals surface area contributed by atoms with Crippen molar-refractivity contribution in [2.75, 3.05) is 26.3 Å². The summed E-state index contributed by atoms with van der Waals surface area (Å²) in [7, 11) is 0. The van der Waals surface area contributed by atoms with Crippen LogP contribution in [-0.2, 0) is 16.0 Å². The highest BCUT2D eigenvalue weighted by Crippen LogP contribution is 2.33. The highest BCUT2D eigenvalue weighted by atomic mass is 35.5. The van der Waals surface area contributed by atoms with Crippen molar-refractivity contribution in [3.63, 3.8) is 0 Å². The van der Waals surface area contributed by atoms with Gasteiger partial charge in [0.25, 0.3) is 0 Å². The summed E-state index contributed by atoms with van der Waals surface area (Å²) in [5.74, 6) is 0.845. The number of aromatic nitrogens is 2. The summed E-state index contributed by atoms with van der Waals surface area (Å²) in [5, 5.41) is 1.55. The molecule has 1 aliphatic heterocycles. The Morgan fingerprint density at radius 3 is 2.52 bits per heavy atom. The van der Waals surface area contributed by atoms with Gasteiger partial charge in [-0.1, -0.05) is 66.3 Å². The number of hydrogen-bond acceptors (Lipinski definition) is 3. The van der Waals surface area contributed by atoms with E-state index in [1.165, 1.54) is 0 Å². The third-order valence-electron chi connectivity index (χ3n) is 5.59. The first kappa shape index (κ1) is 22.4. The van der Waals surface area contributed by atoms with Gasteiger partial charge >= 0.3 is 0 Å². The molecule has 0 spiro atoms. The van der Waals surface area contributed by atoms with Gasteiger partial charge in [-0.25, -0.2) is 4.98 Å². The Labute approximate surface area is 196 Å². The van der Waals surface area contributed by atoms with Crippen LogP contribution < -0.4 is 0 Å². The number of rotatable bonds is 6. The quantitative estimate of drug-likeness (QED) is 0.449. The number of morpholine rings is 1. The van der Waals surface area contributed by atoms with E-state index in [1.807, 2.05) is 33.7 Å². The molecule has 4 rings (SSSR count). The SMILES string of the molecule is CCC[C@H](C(=O)N1CCOCC1)n1c(Cc2ccccc2Cl)nc2cc(Cl)c(Cl)cc21. The Hall–Kier alpha value is -1.79. The first-order valence-corrected chi connectivity index (χ1v) is 11.6. The third kappa shape index (κ3) is 4.70. The molecular formula is C23H24Cl3N3O2. The van der Waals surface area contributed by atoms with Crippen LogP contribution in [0.25, 0.3) is 11.0 Å². The Kier molecular flexibility index (Phi) is 7.07. The van der Waals surface area contributed by atoms with E-state index in [0.29, 0.717) is 59.7 Å². The fraction of sp³-hybridized carbons (Fsp3) is 0.391. The Bertz CT molecular complexity index is 1090. The molecule has 1 fully saturated rings. The lowest BCUT2D eigenvalue weighted by atomic mass is 10.1. The summed E-state index contributed by atoms with van der Waals surface area (Å²) in [5.41, 5.74) is 2.47. The van der Waals surface area contributed by atoms with Crippen LogP contribution in [0.15, 0.2) is 36.4 Å². The predicted molar refractivity (Wildman–Crippen MR) is 125 cm³/mol. The molecule has 1 amide bonds. The fourth-order valence-electron chi connectivity index (χ4n) is 4.06. The van der Waals surface area contributed by atoms with Crippen molar-refractivity contribution in [1.82, 2.24) is 14.5 Å². The summed E-state index contributed by atoms with van der Waals surface area (Å²) >= 11 is 19.1. The monoisotopic (exact) mass is 479 g/mol. The molecule has 1 atom stereocenters. The van der Waals surface area contributed by atoms with Crippen molar-refractivity contribution in [3.8, 4) is 0 Å². The van der Waals surface area contributed by atoms with Gasteiger partial charge in [-0.2, -0.15) is 0 Å². The molecule has 31 heavy (non-hydrogen) atoms. The summed E-state index contributed by atoms with van der Waals surface area (Å²) in [4.78, 5) is 20.3. The van der Waals surface area contributed by atoms with Crippen molar-refractivity contribution in [2.24, 2.45) is 0 Å². The lowest BCUT2D eigenvalue weighted by Crippen LogP contribution is -2.44. The molecule has 1 saturated heterocycles. The van der Waals surface area contributed by atoms with Crippen molar-refractivity contribution >= 4 is 51.7 Å². The van der Waals surface area contributed by atoms with Gasteiger partial charge in [-0.15, -0.1) is 0 Å². The van der Waals surface area contributed by atoms with Crippen molar-refractivity contribution < 1.29 is 9.53 Å². The smallest absolute Gasteiger partial charge is 0.245 e. The lowest BCUT2D eigenvalue weighted by Gasteiger charge is -2.31. The zero-order chi connectivity index (χ0) is 22.0. The minimum absolute atomic E-state index is 0.0796. The molecular weight excluding hydrogens is 457 g/mol. The number of hydrogen-bond donors (Lipinski definition) is 0. The van der Waals surface area contributed by atoms with Crippen LogP contribution in [0.4, 0.5) is 0 Å². The Morgan fingerprint density at radius 2 is 1.81 bits per heavy atom. The van der Waals surface area contributed by atoms with Crippen molar-refractivity contribution in [1.29, 1.82) is 0 Å². The van der Waals surface area contributed by atoms with Crippen LogP contribution in [-0.4, -0.2) is 46.7 Å². The second-order valence-electron chi connectivity index (χ2n) is 7.66. The van der Waals surface area contributed by atoms with Gasteiger partial charge in [-0.3, -0.25) is 4.79 Å². The number of imidazole rings is 1. The van der Waals surface area contributed by atoms with Crippen LogP contribution in [0, 0.1) is 0 Å². The van der Waals surface area contributed by atoms with Gasteiger partial charge in [0, 0.05) is 24.5 Å². The largest absolute Gasteiger partial charge is 0.378 e. The lowest BCUT2D eigenvalue weighted by molar-refractivity contribution is -0.139. The first-order chi connectivity index (χ1) is 15.0. The second kappa shape index (κ2) is 9.78. The molecule has 2 aromatic carbocycles. The molecule has 0 N–H and O–H groups in total. The van der Waals surface area contributed by atoms with E-state index in [0.717, 1.165) is 23.3 Å². The molecule has 1 aromatic heterocycles. The molecule has 5 nitrogen and oxygen atoms in total. The van der Waals surface area contributed by atoms with E-state index < -0.39 is 0 Å². The van der Waals surface area contributed by atoms with Crippen LogP contribution >= 0.6 is 34.8 Å². The zero-order valence-electron chi connectivity index (χ0n) is 17.3. The molecule has 0 bridgehead atoms. The maximum atomic E-state index is 13.6. The van der Waals surface area contributed by atoms with E-state index in [-0.39, 0.29) is 11.9 Å². The molecule has 1 aliphatic rings. The zero-order valence-corrected chi connectivity index (χ0v) is 19.6. The van der Waals surface area contributed by atoms with Crippen LogP contribution in [0.1, 0.15) is 37.2 Å². The Morgan fingerprint density at radius 1 is 1.10 bits per heavy atom. The number of halogens is 3. The van der Waals surface area contributed by atoms with E-state index in [1.54, 1.807) is 12.1 Å². The number of nitrogens with zero attached hydrogens (tertiary/aromatic N) is 3. The van der Waals surface area contributed by atoms with E-state index in [4.69, 9.17) is 44.5 Å². The molecule has 164 valence electrons. The van der Waals surface area contributed by atoms with Gasteiger partial charge in [0.05, 0.1) is 34.3 Å². The van der Waals surface area contributed by atoms with Crippen LogP contribution in [0.5, 0.6) is 0 Å². The number of amides is 1. The predicted octanol–water partition coefficient (Wildman–Crippen LogP) is 5.79. The average Bonchev–Trinajstić information content (AvgIpc) is 3.10. The van der Waals surface area contributed by atoms with E-state index in [9.17, 15) is 4.79 Å². The van der Waals surface area contributed by atoms with Crippen molar-refractivity contribution in [3.05, 3.63) is 62.9 Å². The number of ether oxygens (including phenoxy) is 1. The molecule has 8 heteroatoms. The van der Waals surface area contributed by atoms with E-state index >= 15 is 0 Å². The van der Waals surface area contributed by atoms with Crippen LogP contribution in [0.2, 0.25) is 15.1 Å². The topological polar surface area (TPSA) is 47.4 Å². The molecule has 0 unspecified atom stereocenters. The normalized spacial score (nSPS) is 15.4. The number of carbonyl (C=O) groups excluding carboxylic acids is 1. The summed E-state index contributed by atoms with van der Waals surface area (Å²) in [6.07, 6.45) is 2.05. The minimum atomic E-state index is -0.386. The van der Waals surface area contributed by atoms with Crippen LogP contribution in [0.3, 0.4) is 0 Å². The van der Waals surface area contributed by atoms with Gasteiger partial charge in [-0.05, 0) is 30.2 Å². The summed E-state index contributed by atoms with van der Waals surface area (Å²) in [6, 6.07) is 10.9. The van der Waals surface area contributed by atoms with Gasteiger partial charge in [0.2, 0.25) is 5.91 Å². The Balaban J connectivity index is 1.84. The standard InChI is InChI=1S/C23H24Cl3N3O2/c1-2-5-20(23(30)28-8-10-31-11-9-28)29-21-14-18(26)17(25)13-19(21)27-22(29)12-15-6-3-4-7-16(15)24/h3-4,6-7,13-14,20H,2,5,8-12H2,1H3/t20-/m1/s1. The maximum Gasteiger partial charge on any atom is 0.245 e. The van der Waals surface area contributed by atoms with Gasteiger partial charge in [0.15, 0.2) is 0 Å². The molecule has 0 saturated carbocycles. The summed E-state index contributed by atoms with van der Waals surface area (Å²) in [6.45, 7) is 4.39. The molecule has 2 heterocycles. The highest BCUT2D eigenvalue weighted by Gasteiger charge is 2.30. The molecule has 3 aromatic rings. The highest BCUT2D eigenvalue weighted by molar-refractivity contribution is 6.42. The molecule has 0 radical (unpaired) electrons. The first-order valence-electron chi connectivity index (χ1n) is 10.5. The molecule has 0 aliphatic carbocycles. The van der Waals surface area contributed by atoms with Gasteiger partial charge < -0.3 is 14.2 Å².